The van der Waals surface area contributed by atoms with E-state index in [9.17, 15) is 0 Å². The molecule has 1 N–H and O–H groups in total. The molecule has 1 aromatic carbocycles. The average Bonchev–Trinajstić information content (AvgIpc) is 2.33. The Labute approximate surface area is 102 Å². The van der Waals surface area contributed by atoms with Gasteiger partial charge in [-0.2, -0.15) is 0 Å². The zero-order valence-electron chi connectivity index (χ0n) is 9.74. The van der Waals surface area contributed by atoms with Crippen LogP contribution in [0.15, 0.2) is 29.2 Å². The molecule has 0 aromatic heterocycles. The second kappa shape index (κ2) is 6.16. The van der Waals surface area contributed by atoms with Gasteiger partial charge in [-0.1, -0.05) is 0 Å². The number of piperidine rings is 1. The van der Waals surface area contributed by atoms with Crippen molar-refractivity contribution in [2.45, 2.75) is 36.5 Å². The van der Waals surface area contributed by atoms with Gasteiger partial charge in [0, 0.05) is 4.90 Å². The van der Waals surface area contributed by atoms with E-state index in [2.05, 4.69) is 29.6 Å². The molecule has 1 aliphatic heterocycles. The zero-order chi connectivity index (χ0) is 11.2. The Balaban J connectivity index is 1.88. The molecule has 16 heavy (non-hydrogen) atoms. The number of nitrogens with one attached hydrogen (secondary N) is 1. The van der Waals surface area contributed by atoms with E-state index in [4.69, 9.17) is 4.74 Å². The Bertz CT molecular complexity index is 306. The first-order valence-corrected chi connectivity index (χ1v) is 6.89. The third kappa shape index (κ3) is 3.42. The molecule has 1 aromatic rings. The van der Waals surface area contributed by atoms with Crippen LogP contribution in [0, 0.1) is 0 Å². The lowest BCUT2D eigenvalue weighted by atomic mass is 10.2. The number of thioether (sulfide) groups is 1. The highest BCUT2D eigenvalue weighted by Gasteiger charge is 2.13. The summed E-state index contributed by atoms with van der Waals surface area (Å²) < 4.78 is 5.43. The maximum absolute atomic E-state index is 5.43. The Morgan fingerprint density at radius 1 is 1.31 bits per heavy atom. The molecule has 2 nitrogen and oxygen atoms in total. The number of hydrogen-bond acceptors (Lipinski definition) is 3. The van der Waals surface area contributed by atoms with Crippen molar-refractivity contribution in [3.05, 3.63) is 24.3 Å². The van der Waals surface area contributed by atoms with E-state index in [1.54, 1.807) is 0 Å². The average molecular weight is 237 g/mol. The summed E-state index contributed by atoms with van der Waals surface area (Å²) in [4.78, 5) is 1.32. The minimum Gasteiger partial charge on any atom is -0.494 e. The van der Waals surface area contributed by atoms with Gasteiger partial charge in [0.1, 0.15) is 5.75 Å². The van der Waals surface area contributed by atoms with E-state index in [-0.39, 0.29) is 0 Å². The molecule has 0 radical (unpaired) electrons. The molecule has 0 amide bonds. The first-order valence-electron chi connectivity index (χ1n) is 6.01. The van der Waals surface area contributed by atoms with Crippen molar-refractivity contribution in [3.8, 4) is 5.75 Å². The summed E-state index contributed by atoms with van der Waals surface area (Å²) in [6.07, 6.45) is 3.94. The molecule has 88 valence electrons. The molecule has 1 heterocycles. The molecule has 1 unspecified atom stereocenters. The van der Waals surface area contributed by atoms with Crippen LogP contribution in [-0.4, -0.2) is 18.5 Å². The quantitative estimate of drug-likeness (QED) is 0.868. The van der Waals surface area contributed by atoms with Gasteiger partial charge >= 0.3 is 0 Å². The first kappa shape index (κ1) is 11.8. The van der Waals surface area contributed by atoms with Gasteiger partial charge in [-0.3, -0.25) is 0 Å². The second-order valence-electron chi connectivity index (χ2n) is 3.96. The van der Waals surface area contributed by atoms with E-state index in [0.717, 1.165) is 18.9 Å². The van der Waals surface area contributed by atoms with E-state index in [1.165, 1.54) is 24.2 Å². The van der Waals surface area contributed by atoms with Crippen LogP contribution in [-0.2, 0) is 0 Å². The molecule has 0 saturated carbocycles. The molecule has 0 spiro atoms. The number of hydrogen-bond donors (Lipinski definition) is 1. The van der Waals surface area contributed by atoms with Gasteiger partial charge in [0.2, 0.25) is 0 Å². The van der Waals surface area contributed by atoms with Gasteiger partial charge in [0.25, 0.3) is 0 Å². The monoisotopic (exact) mass is 237 g/mol. The van der Waals surface area contributed by atoms with Gasteiger partial charge in [-0.15, -0.1) is 11.8 Å². The minimum atomic E-state index is 0.590. The van der Waals surface area contributed by atoms with E-state index < -0.39 is 0 Å². The van der Waals surface area contributed by atoms with Crippen LogP contribution < -0.4 is 10.1 Å². The molecule has 0 aliphatic carbocycles. The van der Waals surface area contributed by atoms with Crippen LogP contribution in [0.3, 0.4) is 0 Å². The van der Waals surface area contributed by atoms with Crippen LogP contribution in [0.25, 0.3) is 0 Å². The van der Waals surface area contributed by atoms with Crippen LogP contribution in [0.1, 0.15) is 26.2 Å². The summed E-state index contributed by atoms with van der Waals surface area (Å²) in [5.74, 6) is 0.962. The summed E-state index contributed by atoms with van der Waals surface area (Å²) in [6, 6.07) is 8.39. The summed E-state index contributed by atoms with van der Waals surface area (Å²) >= 11 is 1.92. The molecule has 0 bridgehead atoms. The molecule has 1 aliphatic rings. The molecule has 1 fully saturated rings. The number of ether oxygens (including phenoxy) is 1. The Morgan fingerprint density at radius 3 is 2.75 bits per heavy atom. The predicted octanol–water partition coefficient (Wildman–Crippen LogP) is 3.28. The van der Waals surface area contributed by atoms with Crippen molar-refractivity contribution < 1.29 is 4.74 Å². The first-order chi connectivity index (χ1) is 7.88. The molecule has 3 heteroatoms. The zero-order valence-corrected chi connectivity index (χ0v) is 10.6. The van der Waals surface area contributed by atoms with E-state index in [1.807, 2.05) is 18.7 Å². The molecule has 1 saturated heterocycles. The standard InChI is InChI=1S/C13H19NOS/c1-2-15-11-6-8-12(9-7-11)16-13-5-3-4-10-14-13/h6-9,13-14H,2-5,10H2,1H3. The fourth-order valence-corrected chi connectivity index (χ4v) is 2.97. The third-order valence-electron chi connectivity index (χ3n) is 2.68. The molecular weight excluding hydrogens is 218 g/mol. The lowest BCUT2D eigenvalue weighted by Gasteiger charge is -2.22. The van der Waals surface area contributed by atoms with Gasteiger partial charge in [-0.25, -0.2) is 0 Å². The molecule has 2 rings (SSSR count). The van der Waals surface area contributed by atoms with Gasteiger partial charge in [-0.05, 0) is 57.0 Å². The van der Waals surface area contributed by atoms with Crippen molar-refractivity contribution in [3.63, 3.8) is 0 Å². The van der Waals surface area contributed by atoms with Gasteiger partial charge in [0.05, 0.1) is 12.0 Å². The molecular formula is C13H19NOS. The fraction of sp³-hybridized carbons (Fsp3) is 0.538. The van der Waals surface area contributed by atoms with Crippen molar-refractivity contribution >= 4 is 11.8 Å². The fourth-order valence-electron chi connectivity index (χ4n) is 1.87. The summed E-state index contributed by atoms with van der Waals surface area (Å²) in [5.41, 5.74) is 0. The van der Waals surface area contributed by atoms with Crippen LogP contribution in [0.5, 0.6) is 5.75 Å². The highest BCUT2D eigenvalue weighted by molar-refractivity contribution is 7.99. The van der Waals surface area contributed by atoms with Crippen molar-refractivity contribution in [1.29, 1.82) is 0 Å². The Kier molecular flexibility index (Phi) is 4.55. The highest BCUT2D eigenvalue weighted by Crippen LogP contribution is 2.28. The lowest BCUT2D eigenvalue weighted by molar-refractivity contribution is 0.340. The topological polar surface area (TPSA) is 21.3 Å². The molecule has 1 atom stereocenters. The summed E-state index contributed by atoms with van der Waals surface area (Å²) in [5, 5.41) is 4.13. The van der Waals surface area contributed by atoms with Crippen molar-refractivity contribution in [2.24, 2.45) is 0 Å². The number of benzene rings is 1. The van der Waals surface area contributed by atoms with Gasteiger partial charge < -0.3 is 10.1 Å². The van der Waals surface area contributed by atoms with E-state index in [0.29, 0.717) is 5.37 Å². The van der Waals surface area contributed by atoms with Crippen molar-refractivity contribution in [2.75, 3.05) is 13.2 Å². The van der Waals surface area contributed by atoms with Gasteiger partial charge in [0.15, 0.2) is 0 Å². The van der Waals surface area contributed by atoms with Crippen LogP contribution in [0.4, 0.5) is 0 Å². The van der Waals surface area contributed by atoms with Crippen LogP contribution in [0.2, 0.25) is 0 Å². The second-order valence-corrected chi connectivity index (χ2v) is 5.24. The van der Waals surface area contributed by atoms with E-state index >= 15 is 0 Å². The van der Waals surface area contributed by atoms with Crippen molar-refractivity contribution in [1.82, 2.24) is 5.32 Å². The Hall–Kier alpha value is -0.670. The summed E-state index contributed by atoms with van der Waals surface area (Å²) in [6.45, 7) is 3.90. The maximum atomic E-state index is 5.43. The Morgan fingerprint density at radius 2 is 2.12 bits per heavy atom. The largest absolute Gasteiger partial charge is 0.494 e. The SMILES string of the molecule is CCOc1ccc(SC2CCCCN2)cc1. The maximum Gasteiger partial charge on any atom is 0.119 e. The van der Waals surface area contributed by atoms with Crippen LogP contribution >= 0.6 is 11.8 Å². The predicted molar refractivity (Wildman–Crippen MR) is 69.1 cm³/mol. The number of rotatable bonds is 4. The third-order valence-corrected chi connectivity index (χ3v) is 3.91. The minimum absolute atomic E-state index is 0.590. The summed E-state index contributed by atoms with van der Waals surface area (Å²) in [7, 11) is 0. The smallest absolute Gasteiger partial charge is 0.119 e. The highest BCUT2D eigenvalue weighted by atomic mass is 32.2. The normalized spacial score (nSPS) is 20.7. The lowest BCUT2D eigenvalue weighted by Crippen LogP contribution is -2.30.